The van der Waals surface area contributed by atoms with Gasteiger partial charge in [0, 0.05) is 11.3 Å². The largest absolute Gasteiger partial charge is 0.305 e. The van der Waals surface area contributed by atoms with Gasteiger partial charge in [0.15, 0.2) is 11.6 Å². The number of hydrogen-bond donors (Lipinski definition) is 2. The molecule has 4 nitrogen and oxygen atoms in total. The number of allylic oxidation sites excluding steroid dienone is 2. The maximum absolute atomic E-state index is 12.3. The molecule has 1 heterocycles. The van der Waals surface area contributed by atoms with Gasteiger partial charge in [-0.3, -0.25) is 5.10 Å². The zero-order valence-corrected chi connectivity index (χ0v) is 10.3. The first kappa shape index (κ1) is 13.5. The standard InChI is InChI=1S/C11H16F2N4/c1-5(2)8(14)6(3)7(4)10-15-11(9(12)13)17-16-10/h5,9,14H,1-4H3,(H,15,16,17)/b7-6-,14-8?. The third kappa shape index (κ3) is 2.95. The molecule has 0 bridgehead atoms. The second-order valence-electron chi connectivity index (χ2n) is 4.16. The van der Waals surface area contributed by atoms with Gasteiger partial charge >= 0.3 is 0 Å². The zero-order valence-electron chi connectivity index (χ0n) is 10.3. The van der Waals surface area contributed by atoms with Gasteiger partial charge in [0.05, 0.1) is 0 Å². The molecular weight excluding hydrogens is 226 g/mol. The highest BCUT2D eigenvalue weighted by Gasteiger charge is 2.16. The van der Waals surface area contributed by atoms with Crippen molar-refractivity contribution in [1.29, 1.82) is 5.41 Å². The average molecular weight is 242 g/mol. The molecule has 0 radical (unpaired) electrons. The van der Waals surface area contributed by atoms with Gasteiger partial charge in [0.1, 0.15) is 0 Å². The van der Waals surface area contributed by atoms with Gasteiger partial charge in [0.2, 0.25) is 0 Å². The normalized spacial score (nSPS) is 13.2. The molecule has 0 aliphatic heterocycles. The van der Waals surface area contributed by atoms with Crippen molar-refractivity contribution in [2.75, 3.05) is 0 Å². The van der Waals surface area contributed by atoms with Crippen LogP contribution in [-0.4, -0.2) is 20.9 Å². The molecular formula is C11H16F2N4. The molecule has 0 saturated heterocycles. The summed E-state index contributed by atoms with van der Waals surface area (Å²) in [5.74, 6) is -0.134. The minimum Gasteiger partial charge on any atom is -0.305 e. The zero-order chi connectivity index (χ0) is 13.2. The van der Waals surface area contributed by atoms with E-state index in [1.54, 1.807) is 13.8 Å². The first-order valence-electron chi connectivity index (χ1n) is 5.31. The predicted octanol–water partition coefficient (Wildman–Crippen LogP) is 3.21. The number of nitrogens with zero attached hydrogens (tertiary/aromatic N) is 2. The minimum absolute atomic E-state index is 0.0819. The molecule has 0 spiro atoms. The van der Waals surface area contributed by atoms with E-state index in [0.29, 0.717) is 11.3 Å². The Morgan fingerprint density at radius 2 is 1.88 bits per heavy atom. The first-order chi connectivity index (χ1) is 7.84. The summed E-state index contributed by atoms with van der Waals surface area (Å²) in [5.41, 5.74) is 1.83. The summed E-state index contributed by atoms with van der Waals surface area (Å²) in [5, 5.41) is 13.8. The van der Waals surface area contributed by atoms with Gasteiger partial charge in [0.25, 0.3) is 6.43 Å². The summed E-state index contributed by atoms with van der Waals surface area (Å²) < 4.78 is 24.7. The quantitative estimate of drug-likeness (QED) is 0.796. The van der Waals surface area contributed by atoms with E-state index in [1.807, 2.05) is 13.8 Å². The second kappa shape index (κ2) is 5.16. The maximum atomic E-state index is 12.3. The van der Waals surface area contributed by atoms with E-state index in [-0.39, 0.29) is 11.7 Å². The Balaban J connectivity index is 3.06. The fourth-order valence-corrected chi connectivity index (χ4v) is 1.34. The number of aromatic nitrogens is 3. The number of rotatable bonds is 4. The van der Waals surface area contributed by atoms with E-state index in [0.717, 1.165) is 5.57 Å². The van der Waals surface area contributed by atoms with Crippen LogP contribution < -0.4 is 0 Å². The van der Waals surface area contributed by atoms with Crippen LogP contribution in [0.3, 0.4) is 0 Å². The number of hydrogen-bond acceptors (Lipinski definition) is 3. The van der Waals surface area contributed by atoms with Crippen LogP contribution in [0.4, 0.5) is 8.78 Å². The van der Waals surface area contributed by atoms with Gasteiger partial charge in [-0.25, -0.2) is 13.8 Å². The van der Waals surface area contributed by atoms with Crippen molar-refractivity contribution in [3.63, 3.8) is 0 Å². The Kier molecular flexibility index (Phi) is 4.09. The summed E-state index contributed by atoms with van der Waals surface area (Å²) in [6.45, 7) is 7.31. The molecule has 2 N–H and O–H groups in total. The van der Waals surface area contributed by atoms with Crippen molar-refractivity contribution in [3.05, 3.63) is 17.2 Å². The van der Waals surface area contributed by atoms with E-state index >= 15 is 0 Å². The van der Waals surface area contributed by atoms with Crippen molar-refractivity contribution in [3.8, 4) is 0 Å². The second-order valence-corrected chi connectivity index (χ2v) is 4.16. The Bertz CT molecular complexity index is 446. The molecule has 1 aromatic rings. The molecule has 0 atom stereocenters. The Morgan fingerprint density at radius 1 is 1.29 bits per heavy atom. The van der Waals surface area contributed by atoms with Gasteiger partial charge < -0.3 is 5.41 Å². The fourth-order valence-electron chi connectivity index (χ4n) is 1.34. The number of H-pyrrole nitrogens is 1. The highest BCUT2D eigenvalue weighted by atomic mass is 19.3. The topological polar surface area (TPSA) is 65.4 Å². The van der Waals surface area contributed by atoms with Crippen LogP contribution in [0.1, 0.15) is 45.8 Å². The molecule has 1 aromatic heterocycles. The smallest absolute Gasteiger partial charge is 0.296 e. The number of aromatic amines is 1. The molecule has 17 heavy (non-hydrogen) atoms. The van der Waals surface area contributed by atoms with Crippen molar-refractivity contribution in [2.45, 2.75) is 34.1 Å². The van der Waals surface area contributed by atoms with Crippen molar-refractivity contribution >= 4 is 11.3 Å². The molecule has 0 aromatic carbocycles. The number of alkyl halides is 2. The van der Waals surface area contributed by atoms with Crippen molar-refractivity contribution < 1.29 is 8.78 Å². The molecule has 6 heteroatoms. The Morgan fingerprint density at radius 3 is 2.29 bits per heavy atom. The molecule has 0 fully saturated rings. The van der Waals surface area contributed by atoms with Crippen LogP contribution in [0, 0.1) is 11.3 Å². The lowest BCUT2D eigenvalue weighted by molar-refractivity contribution is 0.141. The SMILES string of the molecule is C/C(C(=N)C(C)C)=C(\C)c1n[nH]c(C(F)F)n1. The lowest BCUT2D eigenvalue weighted by Crippen LogP contribution is -2.08. The van der Waals surface area contributed by atoms with E-state index in [2.05, 4.69) is 15.2 Å². The van der Waals surface area contributed by atoms with Crippen LogP contribution >= 0.6 is 0 Å². The van der Waals surface area contributed by atoms with E-state index in [4.69, 9.17) is 5.41 Å². The monoisotopic (exact) mass is 242 g/mol. The van der Waals surface area contributed by atoms with E-state index in [9.17, 15) is 8.78 Å². The number of nitrogens with one attached hydrogen (secondary N) is 2. The molecule has 0 saturated carbocycles. The highest BCUT2D eigenvalue weighted by molar-refractivity contribution is 6.04. The predicted molar refractivity (Wildman–Crippen MR) is 62.2 cm³/mol. The molecule has 0 unspecified atom stereocenters. The summed E-state index contributed by atoms with van der Waals surface area (Å²) >= 11 is 0. The summed E-state index contributed by atoms with van der Waals surface area (Å²) in [4.78, 5) is 3.70. The molecule has 1 rings (SSSR count). The molecule has 94 valence electrons. The van der Waals surface area contributed by atoms with Crippen LogP contribution in [0.15, 0.2) is 5.57 Å². The summed E-state index contributed by atoms with van der Waals surface area (Å²) in [6, 6.07) is 0. The maximum Gasteiger partial charge on any atom is 0.296 e. The van der Waals surface area contributed by atoms with E-state index in [1.165, 1.54) is 0 Å². The Hall–Kier alpha value is -1.59. The third-order valence-electron chi connectivity index (χ3n) is 2.59. The van der Waals surface area contributed by atoms with Crippen LogP contribution in [-0.2, 0) is 0 Å². The summed E-state index contributed by atoms with van der Waals surface area (Å²) in [6.07, 6.45) is -2.66. The van der Waals surface area contributed by atoms with Gasteiger partial charge in [-0.15, -0.1) is 0 Å². The van der Waals surface area contributed by atoms with Gasteiger partial charge in [-0.2, -0.15) is 5.10 Å². The summed E-state index contributed by atoms with van der Waals surface area (Å²) in [7, 11) is 0. The highest BCUT2D eigenvalue weighted by Crippen LogP contribution is 2.20. The molecule has 0 amide bonds. The van der Waals surface area contributed by atoms with Crippen molar-refractivity contribution in [2.24, 2.45) is 5.92 Å². The van der Waals surface area contributed by atoms with Gasteiger partial charge in [-0.1, -0.05) is 13.8 Å². The van der Waals surface area contributed by atoms with Crippen LogP contribution in [0.5, 0.6) is 0 Å². The number of halogens is 2. The van der Waals surface area contributed by atoms with E-state index < -0.39 is 12.2 Å². The van der Waals surface area contributed by atoms with Crippen LogP contribution in [0.25, 0.3) is 5.57 Å². The fraction of sp³-hybridized carbons (Fsp3) is 0.545. The van der Waals surface area contributed by atoms with Crippen molar-refractivity contribution in [1.82, 2.24) is 15.2 Å². The average Bonchev–Trinajstić information content (AvgIpc) is 2.75. The van der Waals surface area contributed by atoms with Gasteiger partial charge in [-0.05, 0) is 25.3 Å². The Labute approximate surface area is 98.7 Å². The van der Waals surface area contributed by atoms with Crippen LogP contribution in [0.2, 0.25) is 0 Å². The first-order valence-corrected chi connectivity index (χ1v) is 5.31. The lowest BCUT2D eigenvalue weighted by Gasteiger charge is -2.10. The minimum atomic E-state index is -2.66. The lowest BCUT2D eigenvalue weighted by atomic mass is 9.97. The molecule has 0 aliphatic carbocycles. The third-order valence-corrected chi connectivity index (χ3v) is 2.59. The molecule has 0 aliphatic rings.